The van der Waals surface area contributed by atoms with Crippen molar-refractivity contribution in [3.05, 3.63) is 23.9 Å². The van der Waals surface area contributed by atoms with Gasteiger partial charge in [0.15, 0.2) is 9.84 Å². The molecule has 3 heterocycles. The Kier molecular flexibility index (Phi) is 5.21. The van der Waals surface area contributed by atoms with Crippen LogP contribution in [0.15, 0.2) is 23.4 Å². The summed E-state index contributed by atoms with van der Waals surface area (Å²) in [5.74, 6) is -0.290. The van der Waals surface area contributed by atoms with E-state index in [0.29, 0.717) is 12.3 Å². The third-order valence-corrected chi connectivity index (χ3v) is 6.11. The molecule has 0 spiro atoms. The lowest BCUT2D eigenvalue weighted by atomic mass is 10.1. The molecule has 1 fully saturated rings. The second-order valence-corrected chi connectivity index (χ2v) is 8.43. The number of aromatic nitrogens is 1. The van der Waals surface area contributed by atoms with Crippen molar-refractivity contribution in [1.82, 2.24) is 15.3 Å². The number of carbonyl (C=O) groups is 2. The number of nitrogens with one attached hydrogen (secondary N) is 1. The van der Waals surface area contributed by atoms with E-state index >= 15 is 0 Å². The highest BCUT2D eigenvalue weighted by Gasteiger charge is 2.37. The molecule has 0 aliphatic carbocycles. The lowest BCUT2D eigenvalue weighted by Gasteiger charge is -2.27. The summed E-state index contributed by atoms with van der Waals surface area (Å²) < 4.78 is 28.4. The maximum Gasteiger partial charge on any atom is 0.267 e. The molecule has 140 valence electrons. The summed E-state index contributed by atoms with van der Waals surface area (Å²) in [4.78, 5) is 28.6. The van der Waals surface area contributed by atoms with Crippen LogP contribution < -0.4 is 10.1 Å². The predicted octanol–water partition coefficient (Wildman–Crippen LogP) is -0.128. The molecule has 0 saturated carbocycles. The molecule has 0 bridgehead atoms. The number of hydrogen-bond acceptors (Lipinski definition) is 7. The summed E-state index contributed by atoms with van der Waals surface area (Å²) in [5.41, 5.74) is 0.936. The van der Waals surface area contributed by atoms with E-state index in [1.807, 2.05) is 0 Å². The number of methoxy groups -OCH3 is 1. The third kappa shape index (κ3) is 4.01. The van der Waals surface area contributed by atoms with Gasteiger partial charge in [-0.05, 0) is 12.5 Å². The average molecular weight is 380 g/mol. The van der Waals surface area contributed by atoms with E-state index in [1.54, 1.807) is 18.3 Å². The summed E-state index contributed by atoms with van der Waals surface area (Å²) in [7, 11) is -1.65. The molecular formula is C16H20N4O5S. The highest BCUT2D eigenvalue weighted by Crippen LogP contribution is 2.22. The maximum absolute atomic E-state index is 12.4. The van der Waals surface area contributed by atoms with Crippen LogP contribution in [0.3, 0.4) is 0 Å². The maximum atomic E-state index is 12.4. The fraction of sp³-hybridized carbons (Fsp3) is 0.500. The SMILES string of the molecule is COc1ncccc1CNC(=O)C1=NN([C@@H]2CCS(=O)(=O)C2)C(=O)CC1. The monoisotopic (exact) mass is 380 g/mol. The topological polar surface area (TPSA) is 118 Å². The Labute approximate surface area is 151 Å². The second-order valence-electron chi connectivity index (χ2n) is 6.20. The molecule has 0 radical (unpaired) electrons. The molecule has 1 aromatic heterocycles. The van der Waals surface area contributed by atoms with Gasteiger partial charge in [-0.25, -0.2) is 18.4 Å². The first-order valence-electron chi connectivity index (χ1n) is 8.25. The minimum atomic E-state index is -3.14. The summed E-state index contributed by atoms with van der Waals surface area (Å²) in [6, 6.07) is 3.03. The van der Waals surface area contributed by atoms with Gasteiger partial charge in [-0.3, -0.25) is 9.59 Å². The van der Waals surface area contributed by atoms with Gasteiger partial charge in [-0.15, -0.1) is 0 Å². The van der Waals surface area contributed by atoms with Crippen LogP contribution in [-0.2, 0) is 26.0 Å². The molecule has 9 nitrogen and oxygen atoms in total. The fourth-order valence-corrected chi connectivity index (χ4v) is 4.70. The summed E-state index contributed by atoms with van der Waals surface area (Å²) >= 11 is 0. The standard InChI is InChI=1S/C16H20N4O5S/c1-25-16-11(3-2-7-17-16)9-18-15(22)13-4-5-14(21)20(19-13)12-6-8-26(23,24)10-12/h2-3,7,12H,4-6,8-10H2,1H3,(H,18,22)/t12-/m1/s1. The number of hydrogen-bond donors (Lipinski definition) is 1. The molecule has 2 aliphatic heterocycles. The molecule has 10 heteroatoms. The van der Waals surface area contributed by atoms with E-state index in [9.17, 15) is 18.0 Å². The van der Waals surface area contributed by atoms with Crippen molar-refractivity contribution in [2.75, 3.05) is 18.6 Å². The Bertz CT molecular complexity index is 852. The quantitative estimate of drug-likeness (QED) is 0.760. The van der Waals surface area contributed by atoms with Crippen molar-refractivity contribution in [3.63, 3.8) is 0 Å². The molecule has 2 amide bonds. The van der Waals surface area contributed by atoms with E-state index in [2.05, 4.69) is 15.4 Å². The summed E-state index contributed by atoms with van der Waals surface area (Å²) in [5, 5.41) is 8.06. The lowest BCUT2D eigenvalue weighted by molar-refractivity contribution is -0.133. The van der Waals surface area contributed by atoms with Gasteiger partial charge in [-0.2, -0.15) is 5.10 Å². The molecule has 0 aromatic carbocycles. The molecule has 1 atom stereocenters. The van der Waals surface area contributed by atoms with Gasteiger partial charge in [0.25, 0.3) is 5.91 Å². The molecule has 26 heavy (non-hydrogen) atoms. The first-order chi connectivity index (χ1) is 12.4. The third-order valence-electron chi connectivity index (χ3n) is 4.36. The summed E-state index contributed by atoms with van der Waals surface area (Å²) in [6.07, 6.45) is 2.30. The normalized spacial score (nSPS) is 22.0. The van der Waals surface area contributed by atoms with Crippen LogP contribution in [0.2, 0.25) is 0 Å². The molecule has 1 aromatic rings. The first-order valence-corrected chi connectivity index (χ1v) is 10.1. The van der Waals surface area contributed by atoms with Crippen LogP contribution in [0.5, 0.6) is 5.88 Å². The van der Waals surface area contributed by atoms with Crippen LogP contribution in [0.25, 0.3) is 0 Å². The molecule has 2 aliphatic rings. The smallest absolute Gasteiger partial charge is 0.267 e. The number of hydrazone groups is 1. The minimum Gasteiger partial charge on any atom is -0.481 e. The number of amides is 2. The van der Waals surface area contributed by atoms with Crippen molar-refractivity contribution in [2.45, 2.75) is 31.8 Å². The Hall–Kier alpha value is -2.49. The van der Waals surface area contributed by atoms with Crippen molar-refractivity contribution in [2.24, 2.45) is 5.10 Å². The molecule has 3 rings (SSSR count). The fourth-order valence-electron chi connectivity index (χ4n) is 3.01. The average Bonchev–Trinajstić information content (AvgIpc) is 3.00. The Morgan fingerprint density at radius 2 is 2.23 bits per heavy atom. The second kappa shape index (κ2) is 7.40. The number of carbonyl (C=O) groups excluding carboxylic acids is 2. The summed E-state index contributed by atoms with van der Waals surface area (Å²) in [6.45, 7) is 0.209. The number of nitrogens with zero attached hydrogens (tertiary/aromatic N) is 3. The highest BCUT2D eigenvalue weighted by atomic mass is 32.2. The number of sulfone groups is 1. The molecule has 0 unspecified atom stereocenters. The van der Waals surface area contributed by atoms with Crippen molar-refractivity contribution < 1.29 is 22.7 Å². The van der Waals surface area contributed by atoms with E-state index in [-0.39, 0.29) is 42.5 Å². The van der Waals surface area contributed by atoms with Crippen LogP contribution >= 0.6 is 0 Å². The zero-order valence-electron chi connectivity index (χ0n) is 14.3. The molecular weight excluding hydrogens is 360 g/mol. The van der Waals surface area contributed by atoms with Crippen LogP contribution in [-0.4, -0.2) is 60.6 Å². The largest absolute Gasteiger partial charge is 0.481 e. The van der Waals surface area contributed by atoms with Crippen molar-refractivity contribution in [3.8, 4) is 5.88 Å². The van der Waals surface area contributed by atoms with Gasteiger partial charge < -0.3 is 10.1 Å². The van der Waals surface area contributed by atoms with Crippen LogP contribution in [0.4, 0.5) is 0 Å². The number of ether oxygens (including phenoxy) is 1. The minimum absolute atomic E-state index is 0.0410. The van der Waals surface area contributed by atoms with Gasteiger partial charge in [0, 0.05) is 31.1 Å². The molecule has 1 saturated heterocycles. The zero-order valence-corrected chi connectivity index (χ0v) is 15.2. The zero-order chi connectivity index (χ0) is 18.7. The first kappa shape index (κ1) is 18.3. The van der Waals surface area contributed by atoms with E-state index in [0.717, 1.165) is 5.56 Å². The van der Waals surface area contributed by atoms with E-state index in [1.165, 1.54) is 12.1 Å². The van der Waals surface area contributed by atoms with Crippen LogP contribution in [0, 0.1) is 0 Å². The van der Waals surface area contributed by atoms with Crippen LogP contribution in [0.1, 0.15) is 24.8 Å². The van der Waals surface area contributed by atoms with Gasteiger partial charge >= 0.3 is 0 Å². The van der Waals surface area contributed by atoms with Crippen molar-refractivity contribution >= 4 is 27.4 Å². The number of pyridine rings is 1. The van der Waals surface area contributed by atoms with E-state index < -0.39 is 21.8 Å². The Morgan fingerprint density at radius 3 is 2.92 bits per heavy atom. The van der Waals surface area contributed by atoms with E-state index in [4.69, 9.17) is 4.74 Å². The highest BCUT2D eigenvalue weighted by molar-refractivity contribution is 7.91. The Morgan fingerprint density at radius 1 is 1.42 bits per heavy atom. The Balaban J connectivity index is 1.68. The van der Waals surface area contributed by atoms with Gasteiger partial charge in [0.1, 0.15) is 5.71 Å². The lowest BCUT2D eigenvalue weighted by Crippen LogP contribution is -2.43. The van der Waals surface area contributed by atoms with Gasteiger partial charge in [-0.1, -0.05) is 6.07 Å². The van der Waals surface area contributed by atoms with Crippen molar-refractivity contribution in [1.29, 1.82) is 0 Å². The van der Waals surface area contributed by atoms with Gasteiger partial charge in [0.2, 0.25) is 11.8 Å². The number of rotatable bonds is 5. The predicted molar refractivity (Wildman–Crippen MR) is 93.2 cm³/mol. The van der Waals surface area contributed by atoms with Gasteiger partial charge in [0.05, 0.1) is 24.7 Å². The molecule has 1 N–H and O–H groups in total.